The molecule has 5 rings (SSSR count). The molecule has 2 heterocycles. The molecule has 0 amide bonds. The number of anilines is 1. The lowest BCUT2D eigenvalue weighted by atomic mass is 9.99. The number of fused-ring (bicyclic) bond motifs is 1. The first-order valence-electron chi connectivity index (χ1n) is 11.7. The van der Waals surface area contributed by atoms with Crippen LogP contribution in [-0.2, 0) is 19.0 Å². The molecule has 1 N–H and O–H groups in total. The van der Waals surface area contributed by atoms with Gasteiger partial charge >= 0.3 is 6.18 Å². The van der Waals surface area contributed by atoms with Crippen LogP contribution in [0.15, 0.2) is 41.2 Å². The van der Waals surface area contributed by atoms with Gasteiger partial charge in [0.25, 0.3) is 5.56 Å². The Hall–Kier alpha value is -3.53. The molecule has 7 nitrogen and oxygen atoms in total. The van der Waals surface area contributed by atoms with Crippen molar-refractivity contribution in [1.29, 1.82) is 0 Å². The highest BCUT2D eigenvalue weighted by molar-refractivity contribution is 5.69. The molecular weight excluding hydrogens is 475 g/mol. The lowest BCUT2D eigenvalue weighted by Gasteiger charge is -2.40. The van der Waals surface area contributed by atoms with Crippen molar-refractivity contribution in [2.45, 2.75) is 25.4 Å². The highest BCUT2D eigenvalue weighted by atomic mass is 19.4. The highest BCUT2D eigenvalue weighted by Crippen LogP contribution is 2.38. The van der Waals surface area contributed by atoms with E-state index in [4.69, 9.17) is 9.47 Å². The van der Waals surface area contributed by atoms with Gasteiger partial charge in [0, 0.05) is 48.5 Å². The standard InChI is InChI=1S/C26H26F3N3O4/c1-35-18-8-16(9-19(11-18)36-2)24-20-4-3-5-21(20)25(34)32(30-24)23-10-17(31-12-15(13-31)14-33)6-7-22(23)26(27,28)29/h6-11,15,33H,3-5,12-14H2,1-2H3. The van der Waals surface area contributed by atoms with Crippen molar-refractivity contribution >= 4 is 5.69 Å². The zero-order valence-electron chi connectivity index (χ0n) is 19.9. The molecule has 1 aliphatic heterocycles. The molecule has 1 saturated heterocycles. The van der Waals surface area contributed by atoms with E-state index in [1.165, 1.54) is 26.4 Å². The molecule has 1 aliphatic carbocycles. The van der Waals surface area contributed by atoms with E-state index in [2.05, 4.69) is 5.10 Å². The predicted octanol–water partition coefficient (Wildman–Crippen LogP) is 3.85. The van der Waals surface area contributed by atoms with Crippen LogP contribution in [-0.4, -0.2) is 48.8 Å². The highest BCUT2D eigenvalue weighted by Gasteiger charge is 2.37. The van der Waals surface area contributed by atoms with Crippen LogP contribution in [0.4, 0.5) is 18.9 Å². The van der Waals surface area contributed by atoms with Crippen molar-refractivity contribution in [2.75, 3.05) is 38.8 Å². The Morgan fingerprint density at radius 3 is 2.31 bits per heavy atom. The van der Waals surface area contributed by atoms with Gasteiger partial charge in [-0.1, -0.05) is 0 Å². The monoisotopic (exact) mass is 501 g/mol. The van der Waals surface area contributed by atoms with E-state index in [0.29, 0.717) is 66.4 Å². The Morgan fingerprint density at radius 1 is 1.03 bits per heavy atom. The van der Waals surface area contributed by atoms with Gasteiger partial charge in [-0.15, -0.1) is 0 Å². The zero-order chi connectivity index (χ0) is 25.6. The number of benzene rings is 2. The van der Waals surface area contributed by atoms with Gasteiger partial charge in [-0.25, -0.2) is 0 Å². The summed E-state index contributed by atoms with van der Waals surface area (Å²) in [6, 6.07) is 8.90. The van der Waals surface area contributed by atoms with Crippen molar-refractivity contribution in [3.8, 4) is 28.4 Å². The second-order valence-corrected chi connectivity index (χ2v) is 9.13. The molecule has 1 aromatic heterocycles. The largest absolute Gasteiger partial charge is 0.497 e. The number of hydrogen-bond donors (Lipinski definition) is 1. The minimum Gasteiger partial charge on any atom is -0.497 e. The first-order chi connectivity index (χ1) is 17.2. The zero-order valence-corrected chi connectivity index (χ0v) is 19.9. The van der Waals surface area contributed by atoms with E-state index in [0.717, 1.165) is 16.3 Å². The van der Waals surface area contributed by atoms with Crippen LogP contribution in [0.3, 0.4) is 0 Å². The van der Waals surface area contributed by atoms with Crippen molar-refractivity contribution in [3.05, 3.63) is 63.4 Å². The maximum atomic E-state index is 14.1. The van der Waals surface area contributed by atoms with E-state index < -0.39 is 17.3 Å². The summed E-state index contributed by atoms with van der Waals surface area (Å²) in [6.07, 6.45) is -2.89. The molecule has 0 saturated carbocycles. The van der Waals surface area contributed by atoms with Gasteiger partial charge in [-0.3, -0.25) is 4.79 Å². The van der Waals surface area contributed by atoms with Gasteiger partial charge < -0.3 is 19.5 Å². The molecule has 0 atom stereocenters. The van der Waals surface area contributed by atoms with Gasteiger partial charge in [0.2, 0.25) is 0 Å². The van der Waals surface area contributed by atoms with Gasteiger partial charge in [0.05, 0.1) is 31.2 Å². The molecular formula is C26H26F3N3O4. The fraction of sp³-hybridized carbons (Fsp3) is 0.385. The Morgan fingerprint density at radius 2 is 1.69 bits per heavy atom. The molecule has 0 spiro atoms. The van der Waals surface area contributed by atoms with E-state index >= 15 is 0 Å². The number of alkyl halides is 3. The van der Waals surface area contributed by atoms with Crippen LogP contribution < -0.4 is 19.9 Å². The molecule has 0 unspecified atom stereocenters. The van der Waals surface area contributed by atoms with Crippen LogP contribution in [0.1, 0.15) is 23.1 Å². The average molecular weight is 502 g/mol. The topological polar surface area (TPSA) is 76.8 Å². The summed E-state index contributed by atoms with van der Waals surface area (Å²) in [5, 5.41) is 13.8. The molecule has 1 fully saturated rings. The third-order valence-corrected chi connectivity index (χ3v) is 6.87. The van der Waals surface area contributed by atoms with E-state index in [1.54, 1.807) is 18.2 Å². The maximum absolute atomic E-state index is 14.1. The number of aliphatic hydroxyl groups is 1. The molecule has 2 aromatic carbocycles. The Labute approximate surface area is 205 Å². The third kappa shape index (κ3) is 4.19. The molecule has 190 valence electrons. The van der Waals surface area contributed by atoms with Crippen molar-refractivity contribution in [1.82, 2.24) is 9.78 Å². The summed E-state index contributed by atoms with van der Waals surface area (Å²) >= 11 is 0. The first-order valence-corrected chi connectivity index (χ1v) is 11.7. The summed E-state index contributed by atoms with van der Waals surface area (Å²) in [5.74, 6) is 1.08. The summed E-state index contributed by atoms with van der Waals surface area (Å²) < 4.78 is 53.9. The quantitative estimate of drug-likeness (QED) is 0.553. The minimum atomic E-state index is -4.68. The smallest absolute Gasteiger partial charge is 0.418 e. The van der Waals surface area contributed by atoms with Gasteiger partial charge in [-0.2, -0.15) is 23.0 Å². The maximum Gasteiger partial charge on any atom is 0.418 e. The third-order valence-electron chi connectivity index (χ3n) is 6.87. The van der Waals surface area contributed by atoms with E-state index in [-0.39, 0.29) is 18.2 Å². The van der Waals surface area contributed by atoms with E-state index in [9.17, 15) is 23.1 Å². The SMILES string of the molecule is COc1cc(OC)cc(-c2nn(-c3cc(N4CC(CO)C4)ccc3C(F)(F)F)c(=O)c3c2CCC3)c1. The summed E-state index contributed by atoms with van der Waals surface area (Å²) in [4.78, 5) is 15.3. The Kier molecular flexibility index (Phi) is 6.15. The Bertz CT molecular complexity index is 1340. The van der Waals surface area contributed by atoms with Crippen molar-refractivity contribution < 1.29 is 27.8 Å². The number of aliphatic hydroxyl groups excluding tert-OH is 1. The summed E-state index contributed by atoms with van der Waals surface area (Å²) in [5.41, 5.74) is 0.991. The molecule has 3 aromatic rings. The van der Waals surface area contributed by atoms with Crippen LogP contribution in [0.5, 0.6) is 11.5 Å². The Balaban J connectivity index is 1.72. The molecule has 0 bridgehead atoms. The number of ether oxygens (including phenoxy) is 2. The van der Waals surface area contributed by atoms with Crippen molar-refractivity contribution in [3.63, 3.8) is 0 Å². The number of hydrogen-bond acceptors (Lipinski definition) is 6. The minimum absolute atomic E-state index is 0.0171. The molecule has 10 heteroatoms. The number of aromatic nitrogens is 2. The lowest BCUT2D eigenvalue weighted by Crippen LogP contribution is -2.48. The lowest BCUT2D eigenvalue weighted by molar-refractivity contribution is -0.137. The van der Waals surface area contributed by atoms with E-state index in [1.807, 2.05) is 4.90 Å². The van der Waals surface area contributed by atoms with Gasteiger partial charge in [0.1, 0.15) is 11.5 Å². The fourth-order valence-electron chi connectivity index (χ4n) is 4.94. The van der Waals surface area contributed by atoms with Crippen LogP contribution in [0, 0.1) is 5.92 Å². The number of methoxy groups -OCH3 is 2. The average Bonchev–Trinajstić information content (AvgIpc) is 3.33. The molecule has 2 aliphatic rings. The molecule has 0 radical (unpaired) electrons. The number of halogens is 3. The van der Waals surface area contributed by atoms with Gasteiger partial charge in [0.15, 0.2) is 0 Å². The predicted molar refractivity (Wildman–Crippen MR) is 128 cm³/mol. The van der Waals surface area contributed by atoms with Crippen LogP contribution >= 0.6 is 0 Å². The van der Waals surface area contributed by atoms with Crippen molar-refractivity contribution in [2.24, 2.45) is 5.92 Å². The van der Waals surface area contributed by atoms with Gasteiger partial charge in [-0.05, 0) is 55.2 Å². The molecule has 36 heavy (non-hydrogen) atoms. The fourth-order valence-corrected chi connectivity index (χ4v) is 4.94. The second kappa shape index (κ2) is 9.16. The summed E-state index contributed by atoms with van der Waals surface area (Å²) in [6.45, 7) is 1.08. The second-order valence-electron chi connectivity index (χ2n) is 9.13. The van der Waals surface area contributed by atoms with Crippen LogP contribution in [0.25, 0.3) is 16.9 Å². The normalized spacial score (nSPS) is 15.6. The first kappa shape index (κ1) is 24.2. The number of nitrogens with zero attached hydrogens (tertiary/aromatic N) is 3. The summed E-state index contributed by atoms with van der Waals surface area (Å²) in [7, 11) is 3.02. The number of rotatable bonds is 6. The van der Waals surface area contributed by atoms with Crippen LogP contribution in [0.2, 0.25) is 0 Å².